The number of aromatic amines is 1. The number of hydrogen-bond donors (Lipinski definition) is 1. The molecule has 1 aliphatic heterocycles. The van der Waals surface area contributed by atoms with E-state index < -0.39 is 5.60 Å². The third-order valence-electron chi connectivity index (χ3n) is 4.64. The van der Waals surface area contributed by atoms with Crippen LogP contribution in [0.3, 0.4) is 0 Å². The number of unbranched alkanes of at least 4 members (excludes halogenated alkanes) is 2. The molecular weight excluding hydrogens is 344 g/mol. The van der Waals surface area contributed by atoms with Crippen LogP contribution in [-0.4, -0.2) is 57.2 Å². The first kappa shape index (κ1) is 21.3. The summed E-state index contributed by atoms with van der Waals surface area (Å²) in [5, 5.41) is 7.31. The zero-order valence-corrected chi connectivity index (χ0v) is 17.4. The fourth-order valence-corrected chi connectivity index (χ4v) is 3.12. The Labute approximate surface area is 162 Å². The fraction of sp³-hybridized carbons (Fsp3) is 0.750. The summed E-state index contributed by atoms with van der Waals surface area (Å²) in [5.74, 6) is -0.0413. The van der Waals surface area contributed by atoms with Crippen molar-refractivity contribution in [3.05, 3.63) is 17.0 Å². The maximum Gasteiger partial charge on any atom is 0.410 e. The molecule has 0 aliphatic carbocycles. The summed E-state index contributed by atoms with van der Waals surface area (Å²) < 4.78 is 5.48. The molecule has 7 nitrogen and oxygen atoms in total. The van der Waals surface area contributed by atoms with Gasteiger partial charge in [0.05, 0.1) is 6.54 Å². The summed E-state index contributed by atoms with van der Waals surface area (Å²) in [6, 6.07) is 0. The van der Waals surface area contributed by atoms with Crippen LogP contribution in [-0.2, 0) is 17.7 Å². The van der Waals surface area contributed by atoms with Crippen molar-refractivity contribution >= 4 is 12.0 Å². The molecule has 2 heterocycles. The normalized spacial score (nSPS) is 14.0. The van der Waals surface area contributed by atoms with E-state index in [1.165, 1.54) is 0 Å². The van der Waals surface area contributed by atoms with Crippen LogP contribution in [0.25, 0.3) is 0 Å². The van der Waals surface area contributed by atoms with Crippen molar-refractivity contribution in [3.8, 4) is 0 Å². The maximum atomic E-state index is 13.1. The molecule has 0 fully saturated rings. The Morgan fingerprint density at radius 1 is 1.19 bits per heavy atom. The van der Waals surface area contributed by atoms with Crippen molar-refractivity contribution in [3.63, 3.8) is 0 Å². The Morgan fingerprint density at radius 2 is 1.81 bits per heavy atom. The Morgan fingerprint density at radius 3 is 2.37 bits per heavy atom. The van der Waals surface area contributed by atoms with Crippen LogP contribution in [0, 0.1) is 0 Å². The molecular formula is C20H34N4O3. The molecule has 0 saturated carbocycles. The van der Waals surface area contributed by atoms with Gasteiger partial charge in [-0.15, -0.1) is 0 Å². The van der Waals surface area contributed by atoms with E-state index in [0.29, 0.717) is 25.2 Å². The summed E-state index contributed by atoms with van der Waals surface area (Å²) in [7, 11) is 0. The second kappa shape index (κ2) is 9.24. The molecule has 1 N–H and O–H groups in total. The number of hydrogen-bond acceptors (Lipinski definition) is 4. The minimum absolute atomic E-state index is 0.0413. The lowest BCUT2D eigenvalue weighted by molar-refractivity contribution is 0.0222. The predicted octanol–water partition coefficient (Wildman–Crippen LogP) is 3.75. The molecule has 0 unspecified atom stereocenters. The van der Waals surface area contributed by atoms with Crippen LogP contribution in [0.4, 0.5) is 4.79 Å². The molecule has 1 aromatic rings. The molecule has 2 amide bonds. The fourth-order valence-electron chi connectivity index (χ4n) is 3.12. The van der Waals surface area contributed by atoms with Gasteiger partial charge in [-0.1, -0.05) is 26.7 Å². The highest BCUT2D eigenvalue weighted by Gasteiger charge is 2.31. The lowest BCUT2D eigenvalue weighted by Crippen LogP contribution is -2.40. The van der Waals surface area contributed by atoms with Gasteiger partial charge in [-0.05, 0) is 33.6 Å². The molecule has 0 spiro atoms. The van der Waals surface area contributed by atoms with Crippen LogP contribution in [0.5, 0.6) is 0 Å². The van der Waals surface area contributed by atoms with Crippen LogP contribution in [0.15, 0.2) is 0 Å². The predicted molar refractivity (Wildman–Crippen MR) is 105 cm³/mol. The van der Waals surface area contributed by atoms with Crippen molar-refractivity contribution in [2.75, 3.05) is 19.6 Å². The summed E-state index contributed by atoms with van der Waals surface area (Å²) in [5.41, 5.74) is 1.69. The molecule has 0 radical (unpaired) electrons. The summed E-state index contributed by atoms with van der Waals surface area (Å²) in [6.07, 6.45) is 4.35. The lowest BCUT2D eigenvalue weighted by Gasteiger charge is -2.30. The van der Waals surface area contributed by atoms with Crippen molar-refractivity contribution in [2.45, 2.75) is 78.9 Å². The van der Waals surface area contributed by atoms with Gasteiger partial charge in [0.25, 0.3) is 5.91 Å². The number of fused-ring (bicyclic) bond motifs is 1. The number of H-pyrrole nitrogens is 1. The van der Waals surface area contributed by atoms with Crippen LogP contribution >= 0.6 is 0 Å². The molecule has 1 aliphatic rings. The van der Waals surface area contributed by atoms with Crippen LogP contribution in [0.1, 0.15) is 82.0 Å². The number of amides is 2. The zero-order chi connectivity index (χ0) is 20.0. The van der Waals surface area contributed by atoms with Gasteiger partial charge in [0, 0.05) is 37.3 Å². The monoisotopic (exact) mass is 378 g/mol. The molecule has 152 valence electrons. The highest BCUT2D eigenvalue weighted by atomic mass is 16.6. The Hall–Kier alpha value is -2.05. The van der Waals surface area contributed by atoms with E-state index in [4.69, 9.17) is 4.74 Å². The third kappa shape index (κ3) is 5.71. The average Bonchev–Trinajstić information content (AvgIpc) is 3.03. The number of nitrogens with zero attached hydrogens (tertiary/aromatic N) is 3. The van der Waals surface area contributed by atoms with Crippen LogP contribution < -0.4 is 0 Å². The molecule has 7 heteroatoms. The smallest absolute Gasteiger partial charge is 0.410 e. The molecule has 0 saturated heterocycles. The van der Waals surface area contributed by atoms with Crippen molar-refractivity contribution < 1.29 is 14.3 Å². The van der Waals surface area contributed by atoms with E-state index in [9.17, 15) is 9.59 Å². The van der Waals surface area contributed by atoms with Crippen molar-refractivity contribution in [1.29, 1.82) is 0 Å². The zero-order valence-electron chi connectivity index (χ0n) is 17.4. The topological polar surface area (TPSA) is 78.5 Å². The Bertz CT molecular complexity index is 640. The van der Waals surface area contributed by atoms with E-state index in [1.54, 1.807) is 4.90 Å². The summed E-state index contributed by atoms with van der Waals surface area (Å²) >= 11 is 0. The standard InChI is InChI=1S/C20H34N4O3/c1-6-8-11-23(12-9-7-2)18(25)17-15-14-24(13-10-16(15)21-22-17)19(26)27-20(3,4)5/h6-14H2,1-5H3,(H,21,22). The number of carbonyl (C=O) groups excluding carboxylic acids is 2. The van der Waals surface area contributed by atoms with Gasteiger partial charge in [0.1, 0.15) is 5.60 Å². The van der Waals surface area contributed by atoms with E-state index >= 15 is 0 Å². The quantitative estimate of drug-likeness (QED) is 0.784. The van der Waals surface area contributed by atoms with Gasteiger partial charge >= 0.3 is 6.09 Å². The number of carbonyl (C=O) groups is 2. The second-order valence-electron chi connectivity index (χ2n) is 8.18. The third-order valence-corrected chi connectivity index (χ3v) is 4.64. The number of nitrogens with one attached hydrogen (secondary N) is 1. The number of rotatable bonds is 7. The van der Waals surface area contributed by atoms with E-state index in [1.807, 2.05) is 25.7 Å². The van der Waals surface area contributed by atoms with Gasteiger partial charge < -0.3 is 14.5 Å². The SMILES string of the molecule is CCCCN(CCCC)C(=O)c1n[nH]c2c1CN(C(=O)OC(C)(C)C)CC2. The largest absolute Gasteiger partial charge is 0.444 e. The van der Waals surface area contributed by atoms with E-state index in [-0.39, 0.29) is 12.0 Å². The number of aromatic nitrogens is 2. The minimum Gasteiger partial charge on any atom is -0.444 e. The van der Waals surface area contributed by atoms with E-state index in [0.717, 1.165) is 50.0 Å². The van der Waals surface area contributed by atoms with Crippen molar-refractivity contribution in [2.24, 2.45) is 0 Å². The Balaban J connectivity index is 2.15. The molecule has 27 heavy (non-hydrogen) atoms. The number of ether oxygens (including phenoxy) is 1. The van der Waals surface area contributed by atoms with Crippen LogP contribution in [0.2, 0.25) is 0 Å². The van der Waals surface area contributed by atoms with Gasteiger partial charge in [-0.25, -0.2) is 4.79 Å². The molecule has 2 rings (SSSR count). The van der Waals surface area contributed by atoms with Gasteiger partial charge in [-0.2, -0.15) is 5.10 Å². The first-order valence-corrected chi connectivity index (χ1v) is 10.1. The minimum atomic E-state index is -0.538. The van der Waals surface area contributed by atoms with Gasteiger partial charge in [0.2, 0.25) is 0 Å². The maximum absolute atomic E-state index is 13.1. The average molecular weight is 379 g/mol. The highest BCUT2D eigenvalue weighted by Crippen LogP contribution is 2.23. The molecule has 1 aromatic heterocycles. The molecule has 0 bridgehead atoms. The Kier molecular flexibility index (Phi) is 7.27. The highest BCUT2D eigenvalue weighted by molar-refractivity contribution is 5.94. The first-order valence-electron chi connectivity index (χ1n) is 10.1. The summed E-state index contributed by atoms with van der Waals surface area (Å²) in [4.78, 5) is 29.1. The van der Waals surface area contributed by atoms with Gasteiger partial charge in [-0.3, -0.25) is 9.89 Å². The molecule has 0 atom stereocenters. The first-order chi connectivity index (χ1) is 12.8. The van der Waals surface area contributed by atoms with Gasteiger partial charge in [0.15, 0.2) is 5.69 Å². The summed E-state index contributed by atoms with van der Waals surface area (Å²) in [6.45, 7) is 12.2. The lowest BCUT2D eigenvalue weighted by atomic mass is 10.0. The molecule has 0 aromatic carbocycles. The van der Waals surface area contributed by atoms with E-state index in [2.05, 4.69) is 24.0 Å². The van der Waals surface area contributed by atoms with Crippen molar-refractivity contribution in [1.82, 2.24) is 20.0 Å². The second-order valence-corrected chi connectivity index (χ2v) is 8.18.